The van der Waals surface area contributed by atoms with Gasteiger partial charge < -0.3 is 4.74 Å². The summed E-state index contributed by atoms with van der Waals surface area (Å²) in [5.74, 6) is 0. The van der Waals surface area contributed by atoms with Crippen molar-refractivity contribution < 1.29 is 4.74 Å². The minimum atomic E-state index is 0.161. The third-order valence-electron chi connectivity index (χ3n) is 1.57. The Morgan fingerprint density at radius 2 is 1.92 bits per heavy atom. The van der Waals surface area contributed by atoms with E-state index in [2.05, 4.69) is 29.6 Å². The van der Waals surface area contributed by atoms with Gasteiger partial charge in [-0.1, -0.05) is 20.8 Å². The van der Waals surface area contributed by atoms with E-state index in [0.29, 0.717) is 0 Å². The van der Waals surface area contributed by atoms with Crippen molar-refractivity contribution in [2.45, 2.75) is 34.6 Å². The Morgan fingerprint density at radius 3 is 2.25 bits per heavy atom. The summed E-state index contributed by atoms with van der Waals surface area (Å²) in [6.07, 6.45) is 1.80. The zero-order valence-corrected chi connectivity index (χ0v) is 9.69. The third kappa shape index (κ3) is 3.92. The number of allylic oxidation sites excluding steroid dienone is 1. The first-order valence-electron chi connectivity index (χ1n) is 4.27. The van der Waals surface area contributed by atoms with Crippen LogP contribution in [-0.4, -0.2) is 11.9 Å². The highest BCUT2D eigenvalue weighted by molar-refractivity contribution is 7.22. The summed E-state index contributed by atoms with van der Waals surface area (Å²) in [7, 11) is 3.61. The van der Waals surface area contributed by atoms with Gasteiger partial charge in [-0.15, -0.1) is 8.86 Å². The van der Waals surface area contributed by atoms with Crippen molar-refractivity contribution in [2.24, 2.45) is 5.41 Å². The molecule has 0 N–H and O–H groups in total. The van der Waals surface area contributed by atoms with Gasteiger partial charge in [-0.2, -0.15) is 0 Å². The molecule has 0 bridgehead atoms. The summed E-state index contributed by atoms with van der Waals surface area (Å²) in [5.41, 5.74) is 1.32. The third-order valence-corrected chi connectivity index (χ3v) is 2.72. The molecule has 0 heterocycles. The average molecular weight is 186 g/mol. The molecule has 0 saturated heterocycles. The number of hydrogen-bond donors (Lipinski definition) is 0. The van der Waals surface area contributed by atoms with Gasteiger partial charge in [-0.25, -0.2) is 0 Å². The van der Waals surface area contributed by atoms with Gasteiger partial charge in [-0.3, -0.25) is 0 Å². The van der Waals surface area contributed by atoms with E-state index in [1.165, 1.54) is 5.29 Å². The van der Waals surface area contributed by atoms with Crippen molar-refractivity contribution in [1.82, 2.24) is 0 Å². The Labute approximate surface area is 78.0 Å². The molecule has 0 aliphatic rings. The molecule has 12 heavy (non-hydrogen) atoms. The fourth-order valence-electron chi connectivity index (χ4n) is 0.859. The Kier molecular flexibility index (Phi) is 4.55. The smallest absolute Gasteiger partial charge is 0.0864 e. The van der Waals surface area contributed by atoms with E-state index in [-0.39, 0.29) is 5.41 Å². The van der Waals surface area contributed by atoms with Gasteiger partial charge in [-0.05, 0) is 30.1 Å². The van der Waals surface area contributed by atoms with Crippen LogP contribution in [0.25, 0.3) is 0 Å². The molecule has 0 rings (SSSR count). The van der Waals surface area contributed by atoms with E-state index < -0.39 is 0 Å². The highest BCUT2D eigenvalue weighted by atomic mass is 31.0. The van der Waals surface area contributed by atoms with E-state index in [4.69, 9.17) is 4.74 Å². The van der Waals surface area contributed by atoms with E-state index in [1.54, 1.807) is 6.26 Å². The predicted molar refractivity (Wildman–Crippen MR) is 58.2 cm³/mol. The SMILES string of the molecule is CCO/C=C(\C)C(=P)C(C)(C)C. The lowest BCUT2D eigenvalue weighted by Crippen LogP contribution is -2.18. The Balaban J connectivity index is 4.30. The molecular formula is C10H19OP. The Hall–Kier alpha value is -0.290. The summed E-state index contributed by atoms with van der Waals surface area (Å²) >= 11 is 0. The molecule has 0 spiro atoms. The van der Waals surface area contributed by atoms with Gasteiger partial charge in [0.2, 0.25) is 0 Å². The van der Waals surface area contributed by atoms with Crippen LogP contribution in [-0.2, 0) is 4.74 Å². The van der Waals surface area contributed by atoms with E-state index in [0.717, 1.165) is 12.2 Å². The van der Waals surface area contributed by atoms with Crippen LogP contribution in [0.5, 0.6) is 0 Å². The molecule has 0 unspecified atom stereocenters. The van der Waals surface area contributed by atoms with Crippen LogP contribution in [0.4, 0.5) is 0 Å². The van der Waals surface area contributed by atoms with Gasteiger partial charge in [0.25, 0.3) is 0 Å². The highest BCUT2D eigenvalue weighted by Gasteiger charge is 2.16. The van der Waals surface area contributed by atoms with Crippen molar-refractivity contribution in [3.8, 4) is 0 Å². The molecule has 0 aromatic rings. The predicted octanol–water partition coefficient (Wildman–Crippen LogP) is 3.29. The monoisotopic (exact) mass is 186 g/mol. The van der Waals surface area contributed by atoms with Crippen LogP contribution >= 0.6 is 8.86 Å². The molecule has 70 valence electrons. The molecule has 0 aliphatic heterocycles. The van der Waals surface area contributed by atoms with Gasteiger partial charge in [0.05, 0.1) is 12.9 Å². The standard InChI is InChI=1S/C10H19OP/c1-6-11-7-8(2)9(12)10(3,4)5/h7,12H,6H2,1-5H3/b8-7+. The molecule has 0 saturated carbocycles. The maximum atomic E-state index is 5.20. The first-order chi connectivity index (χ1) is 5.39. The zero-order valence-electron chi connectivity index (χ0n) is 8.69. The van der Waals surface area contributed by atoms with Crippen molar-refractivity contribution in [2.75, 3.05) is 6.61 Å². The largest absolute Gasteiger partial charge is 0.501 e. The number of rotatable bonds is 3. The fourth-order valence-corrected chi connectivity index (χ4v) is 0.918. The molecule has 0 fully saturated rings. The lowest BCUT2D eigenvalue weighted by atomic mass is 9.88. The van der Waals surface area contributed by atoms with Gasteiger partial charge in [0, 0.05) is 0 Å². The Bertz CT molecular complexity index is 187. The van der Waals surface area contributed by atoms with Gasteiger partial charge in [0.1, 0.15) is 0 Å². The number of hydrogen-bond acceptors (Lipinski definition) is 1. The summed E-state index contributed by atoms with van der Waals surface area (Å²) < 4.78 is 5.20. The average Bonchev–Trinajstić information content (AvgIpc) is 1.97. The van der Waals surface area contributed by atoms with Crippen LogP contribution in [0.1, 0.15) is 34.6 Å². The maximum Gasteiger partial charge on any atom is 0.0864 e. The molecular weight excluding hydrogens is 167 g/mol. The molecule has 0 atom stereocenters. The number of ether oxygens (including phenoxy) is 1. The molecule has 0 amide bonds. The molecule has 2 heteroatoms. The lowest BCUT2D eigenvalue weighted by Gasteiger charge is -2.21. The van der Waals surface area contributed by atoms with E-state index in [9.17, 15) is 0 Å². The second-order valence-electron chi connectivity index (χ2n) is 3.88. The summed E-state index contributed by atoms with van der Waals surface area (Å²) in [4.78, 5) is 0. The quantitative estimate of drug-likeness (QED) is 0.485. The van der Waals surface area contributed by atoms with Crippen LogP contribution in [0.15, 0.2) is 11.8 Å². The van der Waals surface area contributed by atoms with Crippen LogP contribution in [0, 0.1) is 5.41 Å². The van der Waals surface area contributed by atoms with Crippen LogP contribution in [0.2, 0.25) is 0 Å². The molecule has 1 nitrogen and oxygen atoms in total. The summed E-state index contributed by atoms with van der Waals surface area (Å²) in [5, 5.41) is 1.19. The van der Waals surface area contributed by atoms with E-state index in [1.807, 2.05) is 13.8 Å². The topological polar surface area (TPSA) is 9.23 Å². The van der Waals surface area contributed by atoms with Crippen LogP contribution < -0.4 is 0 Å². The highest BCUT2D eigenvalue weighted by Crippen LogP contribution is 2.22. The van der Waals surface area contributed by atoms with Crippen molar-refractivity contribution in [3.63, 3.8) is 0 Å². The molecule has 0 aliphatic carbocycles. The second-order valence-corrected chi connectivity index (χ2v) is 4.38. The fraction of sp³-hybridized carbons (Fsp3) is 0.700. The van der Waals surface area contributed by atoms with Crippen molar-refractivity contribution in [1.29, 1.82) is 0 Å². The molecule has 0 radical (unpaired) electrons. The minimum absolute atomic E-state index is 0.161. The lowest BCUT2D eigenvalue weighted by molar-refractivity contribution is 0.267. The first-order valence-corrected chi connectivity index (χ1v) is 4.77. The first kappa shape index (κ1) is 11.7. The normalized spacial score (nSPS) is 12.9. The van der Waals surface area contributed by atoms with Gasteiger partial charge in [0.15, 0.2) is 0 Å². The summed E-state index contributed by atoms with van der Waals surface area (Å²) in [6.45, 7) is 11.2. The van der Waals surface area contributed by atoms with Crippen molar-refractivity contribution >= 4 is 14.2 Å². The second kappa shape index (κ2) is 4.67. The van der Waals surface area contributed by atoms with Crippen LogP contribution in [0.3, 0.4) is 0 Å². The molecule has 0 aromatic carbocycles. The maximum absolute atomic E-state index is 5.20. The van der Waals surface area contributed by atoms with E-state index >= 15 is 0 Å². The van der Waals surface area contributed by atoms with Crippen molar-refractivity contribution in [3.05, 3.63) is 11.8 Å². The zero-order chi connectivity index (χ0) is 9.78. The van der Waals surface area contributed by atoms with Gasteiger partial charge >= 0.3 is 0 Å². The summed E-state index contributed by atoms with van der Waals surface area (Å²) in [6, 6.07) is 0. The Morgan fingerprint density at radius 1 is 1.42 bits per heavy atom. The minimum Gasteiger partial charge on any atom is -0.501 e. The molecule has 0 aromatic heterocycles.